The van der Waals surface area contributed by atoms with Crippen molar-refractivity contribution in [1.29, 1.82) is 0 Å². The zero-order chi connectivity index (χ0) is 24.4. The maximum atomic E-state index is 15.1. The molecule has 1 aliphatic heterocycles. The van der Waals surface area contributed by atoms with Crippen LogP contribution in [0.15, 0.2) is 0 Å². The fraction of sp³-hybridized carbons (Fsp3) is 0.938. The predicted molar refractivity (Wildman–Crippen MR) is 79.6 cm³/mol. The molecular weight excluding hydrogens is 446 g/mol. The normalized spacial score (nSPS) is 34.5. The number of hydrogen-bond donors (Lipinski definition) is 1. The van der Waals surface area contributed by atoms with E-state index in [1.165, 1.54) is 6.92 Å². The largest absolute Gasteiger partial charge is 0.449 e. The van der Waals surface area contributed by atoms with Gasteiger partial charge in [-0.2, -0.15) is 43.9 Å². The summed E-state index contributed by atoms with van der Waals surface area (Å²) in [5.74, 6) is -20.2. The highest BCUT2D eigenvalue weighted by molar-refractivity contribution is 5.76. The molecule has 178 valence electrons. The minimum Gasteiger partial charge on any atom is -0.446 e. The number of ether oxygens (including phenoxy) is 2. The summed E-state index contributed by atoms with van der Waals surface area (Å²) in [4.78, 5) is 12.2. The summed E-state index contributed by atoms with van der Waals surface area (Å²) in [7, 11) is 0. The first-order valence-corrected chi connectivity index (χ1v) is 8.51. The van der Waals surface area contributed by atoms with Gasteiger partial charge in [0.15, 0.2) is 0 Å². The Morgan fingerprint density at radius 2 is 1.37 bits per heavy atom. The molecular formula is C16H20F10O4. The van der Waals surface area contributed by atoms with Gasteiger partial charge in [0.05, 0.1) is 5.41 Å². The summed E-state index contributed by atoms with van der Waals surface area (Å²) < 4.78 is 148. The highest BCUT2D eigenvalue weighted by Gasteiger charge is 2.95. The van der Waals surface area contributed by atoms with Crippen molar-refractivity contribution in [1.82, 2.24) is 0 Å². The first-order chi connectivity index (χ1) is 13.0. The summed E-state index contributed by atoms with van der Waals surface area (Å²) in [6, 6.07) is 0. The average Bonchev–Trinajstić information content (AvgIpc) is 2.55. The molecule has 3 unspecified atom stereocenters. The smallest absolute Gasteiger partial charge is 0.446 e. The number of carbonyl (C=O) groups excluding carboxylic acids is 1. The summed E-state index contributed by atoms with van der Waals surface area (Å²) in [6.07, 6.45) is -15.4. The molecule has 30 heavy (non-hydrogen) atoms. The monoisotopic (exact) mass is 466 g/mol. The van der Waals surface area contributed by atoms with E-state index in [2.05, 4.69) is 9.47 Å². The van der Waals surface area contributed by atoms with Gasteiger partial charge in [-0.1, -0.05) is 13.8 Å². The Morgan fingerprint density at radius 1 is 0.933 bits per heavy atom. The summed E-state index contributed by atoms with van der Waals surface area (Å²) in [5, 5.41) is 9.58. The van der Waals surface area contributed by atoms with Gasteiger partial charge in [0.1, 0.15) is 0 Å². The molecule has 1 aliphatic rings. The fourth-order valence-corrected chi connectivity index (χ4v) is 2.85. The van der Waals surface area contributed by atoms with Gasteiger partial charge in [0, 0.05) is 0 Å². The van der Waals surface area contributed by atoms with E-state index in [-0.39, 0.29) is 6.42 Å². The topological polar surface area (TPSA) is 55.8 Å². The molecule has 0 aromatic carbocycles. The second kappa shape index (κ2) is 6.84. The maximum absolute atomic E-state index is 15.1. The first-order valence-electron chi connectivity index (χ1n) is 8.51. The second-order valence-electron chi connectivity index (χ2n) is 7.73. The molecule has 4 nitrogen and oxygen atoms in total. The third-order valence-corrected chi connectivity index (χ3v) is 5.53. The number of halogens is 10. The summed E-state index contributed by atoms with van der Waals surface area (Å²) in [5.41, 5.74) is -12.2. The van der Waals surface area contributed by atoms with Crippen molar-refractivity contribution < 1.29 is 63.3 Å². The van der Waals surface area contributed by atoms with E-state index < -0.39 is 65.9 Å². The number of esters is 1. The molecule has 1 fully saturated rings. The Kier molecular flexibility index (Phi) is 6.10. The van der Waals surface area contributed by atoms with Crippen LogP contribution in [0.2, 0.25) is 0 Å². The van der Waals surface area contributed by atoms with E-state index >= 15 is 8.78 Å². The van der Waals surface area contributed by atoms with Crippen LogP contribution in [0.3, 0.4) is 0 Å². The number of rotatable bonds is 4. The maximum Gasteiger partial charge on any atom is 0.449 e. The predicted octanol–water partition coefficient (Wildman–Crippen LogP) is 4.99. The van der Waals surface area contributed by atoms with Crippen molar-refractivity contribution in [2.45, 2.75) is 88.6 Å². The van der Waals surface area contributed by atoms with Crippen molar-refractivity contribution in [3.63, 3.8) is 0 Å². The van der Waals surface area contributed by atoms with Gasteiger partial charge < -0.3 is 14.6 Å². The minimum absolute atomic E-state index is 0.253. The van der Waals surface area contributed by atoms with Gasteiger partial charge in [0.25, 0.3) is 0 Å². The van der Waals surface area contributed by atoms with Gasteiger partial charge in [0.2, 0.25) is 11.2 Å². The number of alkyl halides is 10. The van der Waals surface area contributed by atoms with E-state index in [9.17, 15) is 45.0 Å². The lowest BCUT2D eigenvalue weighted by Crippen LogP contribution is -2.87. The molecule has 0 amide bonds. The van der Waals surface area contributed by atoms with E-state index in [0.29, 0.717) is 6.92 Å². The zero-order valence-corrected chi connectivity index (χ0v) is 16.4. The average molecular weight is 466 g/mol. The van der Waals surface area contributed by atoms with Crippen LogP contribution in [0.4, 0.5) is 43.9 Å². The number of carbonyl (C=O) groups is 1. The Balaban J connectivity index is 4.01. The quantitative estimate of drug-likeness (QED) is 0.469. The van der Waals surface area contributed by atoms with Crippen LogP contribution in [0.5, 0.6) is 0 Å². The van der Waals surface area contributed by atoms with Crippen molar-refractivity contribution in [2.75, 3.05) is 0 Å². The molecule has 1 heterocycles. The van der Waals surface area contributed by atoms with Gasteiger partial charge >= 0.3 is 36.0 Å². The minimum atomic E-state index is -6.69. The van der Waals surface area contributed by atoms with Gasteiger partial charge in [-0.3, -0.25) is 4.79 Å². The second-order valence-corrected chi connectivity index (χ2v) is 7.73. The number of hydrogen-bond acceptors (Lipinski definition) is 4. The SMILES string of the molecule is CCC(C)(C)C(=O)OC1(C)C(F)(F)C(O)(C(F)(F)F)OC(CC)(C(F)(F)F)C1(F)F. The molecule has 0 aromatic heterocycles. The van der Waals surface area contributed by atoms with Gasteiger partial charge in [-0.05, 0) is 33.6 Å². The molecule has 3 atom stereocenters. The molecule has 0 saturated carbocycles. The van der Waals surface area contributed by atoms with Crippen molar-refractivity contribution in [3.05, 3.63) is 0 Å². The molecule has 1 rings (SSSR count). The molecule has 0 aliphatic carbocycles. The van der Waals surface area contributed by atoms with Gasteiger partial charge in [-0.25, -0.2) is 0 Å². The van der Waals surface area contributed by atoms with Crippen molar-refractivity contribution in [3.8, 4) is 0 Å². The van der Waals surface area contributed by atoms with E-state index in [1.807, 2.05) is 0 Å². The van der Waals surface area contributed by atoms with Crippen LogP contribution in [0.1, 0.15) is 47.5 Å². The fourth-order valence-electron chi connectivity index (χ4n) is 2.85. The lowest BCUT2D eigenvalue weighted by molar-refractivity contribution is -0.556. The lowest BCUT2D eigenvalue weighted by atomic mass is 9.71. The molecule has 0 radical (unpaired) electrons. The van der Waals surface area contributed by atoms with Crippen LogP contribution in [0, 0.1) is 5.41 Å². The Labute approximate surface area is 164 Å². The van der Waals surface area contributed by atoms with Crippen LogP contribution >= 0.6 is 0 Å². The van der Waals surface area contributed by atoms with Crippen molar-refractivity contribution in [2.24, 2.45) is 5.41 Å². The highest BCUT2D eigenvalue weighted by Crippen LogP contribution is 2.67. The van der Waals surface area contributed by atoms with Crippen LogP contribution in [0.25, 0.3) is 0 Å². The molecule has 14 heteroatoms. The van der Waals surface area contributed by atoms with Crippen LogP contribution in [-0.4, -0.2) is 52.3 Å². The zero-order valence-electron chi connectivity index (χ0n) is 16.4. The molecule has 1 saturated heterocycles. The van der Waals surface area contributed by atoms with Gasteiger partial charge in [-0.15, -0.1) is 0 Å². The van der Waals surface area contributed by atoms with E-state index in [0.717, 1.165) is 13.8 Å². The lowest BCUT2D eigenvalue weighted by Gasteiger charge is -2.59. The summed E-state index contributed by atoms with van der Waals surface area (Å²) in [6.45, 7) is 3.04. The van der Waals surface area contributed by atoms with Crippen LogP contribution < -0.4 is 0 Å². The Morgan fingerprint density at radius 3 is 1.67 bits per heavy atom. The van der Waals surface area contributed by atoms with E-state index in [4.69, 9.17) is 0 Å². The Hall–Kier alpha value is -1.31. The van der Waals surface area contributed by atoms with Crippen molar-refractivity contribution >= 4 is 5.97 Å². The van der Waals surface area contributed by atoms with Crippen LogP contribution in [-0.2, 0) is 14.3 Å². The van der Waals surface area contributed by atoms with E-state index in [1.54, 1.807) is 0 Å². The standard InChI is InChI=1S/C16H20F10O4/c1-6-9(3,4)8(27)29-10(5)12(17,18)11(7-2,15(21,22)23)30-14(28,13(10,19)20)16(24,25)26/h28H,6-7H2,1-5H3. The third kappa shape index (κ3) is 3.07. The Bertz CT molecular complexity index is 686. The molecule has 0 aromatic rings. The first kappa shape index (κ1) is 26.7. The summed E-state index contributed by atoms with van der Waals surface area (Å²) >= 11 is 0. The highest BCUT2D eigenvalue weighted by atomic mass is 19.4. The molecule has 0 bridgehead atoms. The molecule has 0 spiro atoms. The molecule has 1 N–H and O–H groups in total. The third-order valence-electron chi connectivity index (χ3n) is 5.53. The number of aliphatic hydroxyl groups is 1.